The van der Waals surface area contributed by atoms with Gasteiger partial charge in [-0.05, 0) is 39.2 Å². The lowest BCUT2D eigenvalue weighted by Crippen LogP contribution is -2.49. The highest BCUT2D eigenvalue weighted by atomic mass is 32.2. The zero-order valence-corrected chi connectivity index (χ0v) is 13.1. The minimum absolute atomic E-state index is 0.259. The number of hydrogen-bond donors (Lipinski definition) is 1. The third-order valence-corrected chi connectivity index (χ3v) is 5.11. The second-order valence-corrected chi connectivity index (χ2v) is 8.17. The zero-order valence-electron chi connectivity index (χ0n) is 12.3. The first-order chi connectivity index (χ1) is 8.18. The van der Waals surface area contributed by atoms with Gasteiger partial charge in [0.2, 0.25) is 0 Å². The lowest BCUT2D eigenvalue weighted by atomic mass is 9.83. The van der Waals surface area contributed by atoms with Crippen molar-refractivity contribution in [2.24, 2.45) is 5.92 Å². The molecule has 18 heavy (non-hydrogen) atoms. The predicted octanol–water partition coefficient (Wildman–Crippen LogP) is 3.61. The van der Waals surface area contributed by atoms with Crippen LogP contribution >= 0.6 is 0 Å². The van der Waals surface area contributed by atoms with Crippen molar-refractivity contribution >= 4 is 11.0 Å². The highest BCUT2D eigenvalue weighted by Gasteiger charge is 2.34. The summed E-state index contributed by atoms with van der Waals surface area (Å²) in [5, 5.41) is 0. The van der Waals surface area contributed by atoms with E-state index in [0.717, 1.165) is 0 Å². The van der Waals surface area contributed by atoms with E-state index in [0.29, 0.717) is 5.92 Å². The van der Waals surface area contributed by atoms with Crippen molar-refractivity contribution in [1.29, 1.82) is 0 Å². The maximum absolute atomic E-state index is 12.4. The van der Waals surface area contributed by atoms with Crippen molar-refractivity contribution in [1.82, 2.24) is 4.72 Å². The van der Waals surface area contributed by atoms with Crippen molar-refractivity contribution in [3.8, 4) is 0 Å². The van der Waals surface area contributed by atoms with Crippen LogP contribution in [0.5, 0.6) is 0 Å². The highest BCUT2D eigenvalue weighted by Crippen LogP contribution is 2.30. The Morgan fingerprint density at radius 2 is 1.56 bits per heavy atom. The van der Waals surface area contributed by atoms with Crippen LogP contribution in [-0.4, -0.2) is 8.96 Å². The van der Waals surface area contributed by atoms with Crippen LogP contribution < -0.4 is 4.72 Å². The normalized spacial score (nSPS) is 17.5. The molecular formula is C15H25NOS. The Bertz CT molecular complexity index is 408. The monoisotopic (exact) mass is 267 g/mol. The Morgan fingerprint density at radius 1 is 1.06 bits per heavy atom. The number of rotatable bonds is 4. The summed E-state index contributed by atoms with van der Waals surface area (Å²) >= 11 is 0. The molecule has 1 N–H and O–H groups in total. The van der Waals surface area contributed by atoms with Crippen LogP contribution in [0.25, 0.3) is 0 Å². The molecule has 0 saturated carbocycles. The van der Waals surface area contributed by atoms with E-state index in [2.05, 4.69) is 37.6 Å². The first-order valence-corrected chi connectivity index (χ1v) is 7.58. The quantitative estimate of drug-likeness (QED) is 0.887. The lowest BCUT2D eigenvalue weighted by Gasteiger charge is -2.37. The Hall–Kier alpha value is -0.670. The van der Waals surface area contributed by atoms with Gasteiger partial charge in [-0.15, -0.1) is 0 Å². The summed E-state index contributed by atoms with van der Waals surface area (Å²) in [6.07, 6.45) is 0. The van der Waals surface area contributed by atoms with Crippen molar-refractivity contribution in [2.45, 2.75) is 51.8 Å². The molecule has 1 rings (SSSR count). The Labute approximate surface area is 114 Å². The van der Waals surface area contributed by atoms with Crippen molar-refractivity contribution in [2.75, 3.05) is 0 Å². The van der Waals surface area contributed by atoms with Gasteiger partial charge in [0.05, 0.1) is 21.3 Å². The Balaban J connectivity index is 3.07. The van der Waals surface area contributed by atoms with Gasteiger partial charge < -0.3 is 0 Å². The highest BCUT2D eigenvalue weighted by molar-refractivity contribution is 7.84. The molecule has 2 unspecified atom stereocenters. The standard InChI is InChI=1S/C15H25NOS/c1-12(2)15(6,13-10-8-7-9-11-13)16-18(17)14(3,4)5/h7-12,16H,1-6H3. The van der Waals surface area contributed by atoms with E-state index in [-0.39, 0.29) is 10.3 Å². The molecule has 0 bridgehead atoms. The zero-order chi connectivity index (χ0) is 14.0. The third-order valence-electron chi connectivity index (χ3n) is 3.39. The van der Waals surface area contributed by atoms with Crippen LogP contribution in [0.3, 0.4) is 0 Å². The van der Waals surface area contributed by atoms with Gasteiger partial charge >= 0.3 is 0 Å². The SMILES string of the molecule is CC(C)C(C)(NS(=O)C(C)(C)C)c1ccccc1. The minimum Gasteiger partial charge on any atom is -0.242 e. The summed E-state index contributed by atoms with van der Waals surface area (Å²) < 4.78 is 15.4. The van der Waals surface area contributed by atoms with E-state index in [1.807, 2.05) is 39.0 Å². The van der Waals surface area contributed by atoms with Crippen LogP contribution in [0.2, 0.25) is 0 Å². The summed E-state index contributed by atoms with van der Waals surface area (Å²) in [6.45, 7) is 12.4. The van der Waals surface area contributed by atoms with Crippen molar-refractivity contribution in [3.63, 3.8) is 0 Å². The van der Waals surface area contributed by atoms with E-state index >= 15 is 0 Å². The molecular weight excluding hydrogens is 242 g/mol. The molecule has 0 aliphatic rings. The molecule has 102 valence electrons. The van der Waals surface area contributed by atoms with Crippen LogP contribution in [-0.2, 0) is 16.5 Å². The largest absolute Gasteiger partial charge is 0.242 e. The number of nitrogens with one attached hydrogen (secondary N) is 1. The average Bonchev–Trinajstić information content (AvgIpc) is 2.28. The van der Waals surface area contributed by atoms with Gasteiger partial charge in [0.15, 0.2) is 0 Å². The van der Waals surface area contributed by atoms with Gasteiger partial charge in [-0.2, -0.15) is 0 Å². The molecule has 2 atom stereocenters. The molecule has 2 nitrogen and oxygen atoms in total. The molecule has 0 fully saturated rings. The molecule has 0 heterocycles. The van der Waals surface area contributed by atoms with Crippen LogP contribution in [0.4, 0.5) is 0 Å². The smallest absolute Gasteiger partial charge is 0.0978 e. The molecule has 0 saturated heterocycles. The molecule has 3 heteroatoms. The predicted molar refractivity (Wildman–Crippen MR) is 79.7 cm³/mol. The lowest BCUT2D eigenvalue weighted by molar-refractivity contribution is 0.317. The second-order valence-electron chi connectivity index (χ2n) is 6.21. The topological polar surface area (TPSA) is 29.1 Å². The molecule has 0 amide bonds. The fraction of sp³-hybridized carbons (Fsp3) is 0.600. The van der Waals surface area contributed by atoms with Gasteiger partial charge in [-0.1, -0.05) is 44.2 Å². The molecule has 1 aromatic rings. The summed E-state index contributed by atoms with van der Waals surface area (Å²) in [4.78, 5) is 0. The van der Waals surface area contributed by atoms with E-state index in [1.165, 1.54) is 5.56 Å². The first kappa shape index (κ1) is 15.4. The van der Waals surface area contributed by atoms with Crippen molar-refractivity contribution < 1.29 is 4.21 Å². The summed E-state index contributed by atoms with van der Waals surface area (Å²) in [5.74, 6) is 0.353. The van der Waals surface area contributed by atoms with Crippen molar-refractivity contribution in [3.05, 3.63) is 35.9 Å². The molecule has 0 spiro atoms. The maximum Gasteiger partial charge on any atom is 0.0978 e. The summed E-state index contributed by atoms with van der Waals surface area (Å²) in [5.41, 5.74) is 0.900. The third kappa shape index (κ3) is 3.42. The fourth-order valence-electron chi connectivity index (χ4n) is 1.64. The number of hydrogen-bond acceptors (Lipinski definition) is 1. The molecule has 0 aliphatic carbocycles. The van der Waals surface area contributed by atoms with Crippen LogP contribution in [0.1, 0.15) is 47.1 Å². The fourth-order valence-corrected chi connectivity index (χ4v) is 2.69. The van der Waals surface area contributed by atoms with E-state index in [4.69, 9.17) is 0 Å². The van der Waals surface area contributed by atoms with Gasteiger partial charge in [0.1, 0.15) is 0 Å². The number of benzene rings is 1. The van der Waals surface area contributed by atoms with Crippen LogP contribution in [0, 0.1) is 5.92 Å². The van der Waals surface area contributed by atoms with E-state index < -0.39 is 11.0 Å². The summed E-state index contributed by atoms with van der Waals surface area (Å²) in [6, 6.07) is 10.2. The van der Waals surface area contributed by atoms with Crippen LogP contribution in [0.15, 0.2) is 30.3 Å². The minimum atomic E-state index is -1.08. The van der Waals surface area contributed by atoms with Gasteiger partial charge in [0, 0.05) is 0 Å². The Kier molecular flexibility index (Phi) is 4.73. The molecule has 0 radical (unpaired) electrons. The second kappa shape index (κ2) is 5.54. The van der Waals surface area contributed by atoms with Gasteiger partial charge in [0.25, 0.3) is 0 Å². The molecule has 0 aromatic heterocycles. The van der Waals surface area contributed by atoms with Gasteiger partial charge in [-0.25, -0.2) is 8.93 Å². The average molecular weight is 267 g/mol. The first-order valence-electron chi connectivity index (χ1n) is 6.43. The maximum atomic E-state index is 12.4. The summed E-state index contributed by atoms with van der Waals surface area (Å²) in [7, 11) is -1.08. The molecule has 0 aliphatic heterocycles. The Morgan fingerprint density at radius 3 is 1.94 bits per heavy atom. The molecule has 1 aromatic carbocycles. The van der Waals surface area contributed by atoms with Gasteiger partial charge in [-0.3, -0.25) is 0 Å². The van der Waals surface area contributed by atoms with E-state index in [9.17, 15) is 4.21 Å². The van der Waals surface area contributed by atoms with E-state index in [1.54, 1.807) is 0 Å².